The predicted octanol–water partition coefficient (Wildman–Crippen LogP) is 0.664. The van der Waals surface area contributed by atoms with Crippen LogP contribution in [0.2, 0.25) is 0 Å². The van der Waals surface area contributed by atoms with Gasteiger partial charge >= 0.3 is 0 Å². The molecule has 2 bridgehead atoms. The molecular weight excluding hydrogens is 360 g/mol. The highest BCUT2D eigenvalue weighted by Crippen LogP contribution is 2.52. The first kappa shape index (κ1) is 17.4. The number of imide groups is 1. The minimum absolute atomic E-state index is 0.149. The molecular formula is C20H22N4O4. The Bertz CT molecular complexity index is 816. The first-order valence-electron chi connectivity index (χ1n) is 9.74. The van der Waals surface area contributed by atoms with E-state index in [1.807, 2.05) is 18.2 Å². The number of allylic oxidation sites excluding steroid dienone is 2. The maximum absolute atomic E-state index is 12.7. The molecule has 1 aromatic heterocycles. The van der Waals surface area contributed by atoms with Crippen molar-refractivity contribution in [1.29, 1.82) is 0 Å². The summed E-state index contributed by atoms with van der Waals surface area (Å²) < 4.78 is 5.33. The molecule has 2 aliphatic carbocycles. The molecule has 0 unspecified atom stereocenters. The maximum Gasteiger partial charge on any atom is 0.244 e. The highest BCUT2D eigenvalue weighted by Gasteiger charge is 2.59. The van der Waals surface area contributed by atoms with Crippen molar-refractivity contribution in [2.75, 3.05) is 43.1 Å². The summed E-state index contributed by atoms with van der Waals surface area (Å²) in [6, 6.07) is 3.63. The molecule has 3 heterocycles. The molecule has 1 saturated carbocycles. The van der Waals surface area contributed by atoms with E-state index < -0.39 is 0 Å². The van der Waals surface area contributed by atoms with E-state index in [0.717, 1.165) is 30.2 Å². The first-order chi connectivity index (χ1) is 13.6. The van der Waals surface area contributed by atoms with E-state index in [9.17, 15) is 14.4 Å². The van der Waals surface area contributed by atoms with Gasteiger partial charge in [-0.3, -0.25) is 19.3 Å². The Morgan fingerprint density at radius 2 is 1.79 bits per heavy atom. The number of fused-ring (bicyclic) bond motifs is 5. The van der Waals surface area contributed by atoms with E-state index in [0.29, 0.717) is 18.9 Å². The molecule has 2 aliphatic heterocycles. The fourth-order valence-corrected chi connectivity index (χ4v) is 4.90. The van der Waals surface area contributed by atoms with Gasteiger partial charge < -0.3 is 15.0 Å². The average molecular weight is 382 g/mol. The normalized spacial score (nSPS) is 30.9. The van der Waals surface area contributed by atoms with Crippen LogP contribution in [0.15, 0.2) is 30.5 Å². The molecule has 146 valence electrons. The number of pyridine rings is 1. The Hall–Kier alpha value is -2.74. The first-order valence-corrected chi connectivity index (χ1v) is 9.74. The van der Waals surface area contributed by atoms with Gasteiger partial charge in [0.15, 0.2) is 0 Å². The largest absolute Gasteiger partial charge is 0.378 e. The van der Waals surface area contributed by atoms with Gasteiger partial charge in [-0.2, -0.15) is 0 Å². The second-order valence-corrected chi connectivity index (χ2v) is 7.82. The van der Waals surface area contributed by atoms with Crippen LogP contribution >= 0.6 is 0 Å². The molecule has 3 fully saturated rings. The van der Waals surface area contributed by atoms with E-state index in [1.165, 1.54) is 0 Å². The number of carbonyl (C=O) groups excluding carboxylic acids is 3. The molecule has 28 heavy (non-hydrogen) atoms. The number of nitrogens with zero attached hydrogens (tertiary/aromatic N) is 3. The van der Waals surface area contributed by atoms with E-state index in [2.05, 4.69) is 15.2 Å². The highest BCUT2D eigenvalue weighted by atomic mass is 16.5. The molecule has 0 aromatic carbocycles. The number of carbonyl (C=O) groups is 3. The van der Waals surface area contributed by atoms with E-state index in [1.54, 1.807) is 12.3 Å². The third kappa shape index (κ3) is 2.79. The zero-order chi connectivity index (χ0) is 19.3. The van der Waals surface area contributed by atoms with Crippen LogP contribution in [0.3, 0.4) is 0 Å². The molecule has 4 atom stereocenters. The van der Waals surface area contributed by atoms with Gasteiger partial charge in [0.1, 0.15) is 12.4 Å². The van der Waals surface area contributed by atoms with Crippen LogP contribution in [0.5, 0.6) is 0 Å². The van der Waals surface area contributed by atoms with Crippen LogP contribution in [-0.2, 0) is 19.1 Å². The van der Waals surface area contributed by atoms with Gasteiger partial charge in [0.05, 0.1) is 36.9 Å². The van der Waals surface area contributed by atoms with Crippen molar-refractivity contribution in [2.45, 2.75) is 6.42 Å². The maximum atomic E-state index is 12.7. The number of hydrogen-bond acceptors (Lipinski definition) is 6. The summed E-state index contributed by atoms with van der Waals surface area (Å²) in [5.41, 5.74) is 0.544. The topological polar surface area (TPSA) is 91.8 Å². The molecule has 1 aromatic rings. The Kier molecular flexibility index (Phi) is 4.16. The number of anilines is 2. The van der Waals surface area contributed by atoms with Crippen molar-refractivity contribution >= 4 is 29.2 Å². The third-order valence-corrected chi connectivity index (χ3v) is 6.23. The van der Waals surface area contributed by atoms with Gasteiger partial charge in [-0.1, -0.05) is 12.2 Å². The fraction of sp³-hybridized carbons (Fsp3) is 0.500. The number of amides is 3. The lowest BCUT2D eigenvalue weighted by Crippen LogP contribution is -2.39. The number of nitrogens with one attached hydrogen (secondary N) is 1. The number of aromatic nitrogens is 1. The molecule has 0 radical (unpaired) electrons. The third-order valence-electron chi connectivity index (χ3n) is 6.23. The van der Waals surface area contributed by atoms with Gasteiger partial charge in [-0.25, -0.2) is 4.98 Å². The van der Waals surface area contributed by atoms with E-state index in [4.69, 9.17) is 4.74 Å². The summed E-state index contributed by atoms with van der Waals surface area (Å²) in [6.07, 6.45) is 6.56. The highest BCUT2D eigenvalue weighted by molar-refractivity contribution is 6.09. The minimum atomic E-state index is -0.386. The Morgan fingerprint density at radius 1 is 1.11 bits per heavy atom. The quantitative estimate of drug-likeness (QED) is 0.608. The minimum Gasteiger partial charge on any atom is -0.378 e. The van der Waals surface area contributed by atoms with Gasteiger partial charge in [0.25, 0.3) is 0 Å². The van der Waals surface area contributed by atoms with Crippen molar-refractivity contribution < 1.29 is 19.1 Å². The lowest BCUT2D eigenvalue weighted by Gasteiger charge is -2.27. The summed E-state index contributed by atoms with van der Waals surface area (Å²) in [7, 11) is 0. The lowest BCUT2D eigenvalue weighted by molar-refractivity contribution is -0.143. The Morgan fingerprint density at radius 3 is 2.39 bits per heavy atom. The van der Waals surface area contributed by atoms with Crippen molar-refractivity contribution in [3.05, 3.63) is 30.5 Å². The van der Waals surface area contributed by atoms with Gasteiger partial charge in [-0.05, 0) is 30.4 Å². The molecule has 1 N–H and O–H groups in total. The number of rotatable bonds is 4. The summed E-state index contributed by atoms with van der Waals surface area (Å²) in [5.74, 6) is -0.210. The number of likely N-dealkylation sites (tertiary alicyclic amines) is 1. The van der Waals surface area contributed by atoms with Crippen LogP contribution < -0.4 is 10.2 Å². The van der Waals surface area contributed by atoms with Crippen LogP contribution in [0.1, 0.15) is 6.42 Å². The fourth-order valence-electron chi connectivity index (χ4n) is 4.90. The van der Waals surface area contributed by atoms with Gasteiger partial charge in [0.2, 0.25) is 17.7 Å². The second-order valence-electron chi connectivity index (χ2n) is 7.82. The number of morpholine rings is 1. The zero-order valence-electron chi connectivity index (χ0n) is 15.4. The summed E-state index contributed by atoms with van der Waals surface area (Å²) in [4.78, 5) is 45.4. The summed E-state index contributed by atoms with van der Waals surface area (Å²) >= 11 is 0. The Labute approximate surface area is 162 Å². The summed E-state index contributed by atoms with van der Waals surface area (Å²) in [6.45, 7) is 2.69. The summed E-state index contributed by atoms with van der Waals surface area (Å²) in [5, 5.41) is 2.74. The van der Waals surface area contributed by atoms with Crippen molar-refractivity contribution in [3.8, 4) is 0 Å². The lowest BCUT2D eigenvalue weighted by atomic mass is 9.85. The monoisotopic (exact) mass is 382 g/mol. The average Bonchev–Trinajstić information content (AvgIpc) is 3.39. The molecule has 2 saturated heterocycles. The van der Waals surface area contributed by atoms with Crippen LogP contribution in [0, 0.1) is 23.7 Å². The van der Waals surface area contributed by atoms with Crippen molar-refractivity contribution in [3.63, 3.8) is 0 Å². The van der Waals surface area contributed by atoms with Gasteiger partial charge in [0, 0.05) is 13.1 Å². The van der Waals surface area contributed by atoms with Crippen molar-refractivity contribution in [2.24, 2.45) is 23.7 Å². The van der Waals surface area contributed by atoms with E-state index >= 15 is 0 Å². The van der Waals surface area contributed by atoms with Gasteiger partial charge in [-0.15, -0.1) is 0 Å². The Balaban J connectivity index is 1.21. The molecule has 3 amide bonds. The number of ether oxygens (including phenoxy) is 1. The SMILES string of the molecule is O=C(CN1C(=O)[C@@H]2[C@H](C1=O)[C@H]1C=C[C@H]2C1)Nc1ccc(N2CCOCC2)nc1. The molecule has 8 nitrogen and oxygen atoms in total. The zero-order valence-corrected chi connectivity index (χ0v) is 15.4. The molecule has 5 rings (SSSR count). The van der Waals surface area contributed by atoms with Crippen LogP contribution in [0.25, 0.3) is 0 Å². The van der Waals surface area contributed by atoms with Crippen molar-refractivity contribution in [1.82, 2.24) is 9.88 Å². The number of hydrogen-bond donors (Lipinski definition) is 1. The second kappa shape index (κ2) is 6.70. The van der Waals surface area contributed by atoms with Crippen LogP contribution in [0.4, 0.5) is 11.5 Å². The van der Waals surface area contributed by atoms with Crippen LogP contribution in [-0.4, -0.2) is 60.5 Å². The molecule has 8 heteroatoms. The standard InChI is InChI=1S/C20H22N4O4/c25-16(22-14-3-4-15(21-10-14)23-5-7-28-8-6-23)11-24-19(26)17-12-1-2-13(9-12)18(17)20(24)27/h1-4,10,12-13,17-18H,5-9,11H2,(H,22,25)/t12-,13-,17-,18+/m0/s1. The van der Waals surface area contributed by atoms with E-state index in [-0.39, 0.29) is 47.9 Å². The molecule has 4 aliphatic rings. The molecule has 0 spiro atoms. The smallest absolute Gasteiger partial charge is 0.244 e. The predicted molar refractivity (Wildman–Crippen MR) is 100 cm³/mol.